The van der Waals surface area contributed by atoms with E-state index < -0.39 is 5.69 Å². The van der Waals surface area contributed by atoms with Crippen LogP contribution in [-0.4, -0.2) is 19.0 Å². The minimum absolute atomic E-state index is 0.652. The molecule has 0 spiro atoms. The third-order valence-corrected chi connectivity index (χ3v) is 7.41. The molecule has 0 aromatic carbocycles. The molecule has 0 saturated carbocycles. The van der Waals surface area contributed by atoms with Gasteiger partial charge in [0.25, 0.3) is 0 Å². The highest BCUT2D eigenvalue weighted by Crippen LogP contribution is 2.60. The molecule has 0 heterocycles. The van der Waals surface area contributed by atoms with Gasteiger partial charge in [0.1, 0.15) is 0 Å². The molecule has 0 aromatic rings. The standard InChI is InChI=1S/C10H23O2PS2/c1-4-7-8-9-10-12-13(14,11-5-2)15-6-3/h4-10H2,1-3H3. The summed E-state index contributed by atoms with van der Waals surface area (Å²) in [6.07, 6.45) is 4.86. The van der Waals surface area contributed by atoms with Crippen LogP contribution in [0.5, 0.6) is 0 Å². The van der Waals surface area contributed by atoms with Gasteiger partial charge >= 0.3 is 0 Å². The molecule has 0 aliphatic heterocycles. The van der Waals surface area contributed by atoms with Crippen LogP contribution in [0.3, 0.4) is 0 Å². The summed E-state index contributed by atoms with van der Waals surface area (Å²) in [5.41, 5.74) is -2.02. The summed E-state index contributed by atoms with van der Waals surface area (Å²) in [6, 6.07) is 0. The fraction of sp³-hybridized carbons (Fsp3) is 1.00. The zero-order chi connectivity index (χ0) is 11.6. The van der Waals surface area contributed by atoms with Crippen molar-refractivity contribution in [2.75, 3.05) is 19.0 Å². The van der Waals surface area contributed by atoms with E-state index >= 15 is 0 Å². The Morgan fingerprint density at radius 1 is 1.07 bits per heavy atom. The summed E-state index contributed by atoms with van der Waals surface area (Å²) < 4.78 is 11.3. The summed E-state index contributed by atoms with van der Waals surface area (Å²) in [4.78, 5) is 0. The van der Waals surface area contributed by atoms with Crippen LogP contribution >= 0.6 is 17.1 Å². The monoisotopic (exact) mass is 270 g/mol. The molecule has 0 amide bonds. The second-order valence-corrected chi connectivity index (χ2v) is 9.78. The van der Waals surface area contributed by atoms with Crippen LogP contribution in [0.25, 0.3) is 0 Å². The van der Waals surface area contributed by atoms with Gasteiger partial charge in [-0.05, 0) is 30.9 Å². The Kier molecular flexibility index (Phi) is 10.7. The van der Waals surface area contributed by atoms with Gasteiger partial charge in [0.2, 0.25) is 5.69 Å². The second kappa shape index (κ2) is 10.1. The first-order chi connectivity index (χ1) is 7.18. The maximum atomic E-state index is 5.72. The molecule has 0 rings (SSSR count). The molecule has 5 heteroatoms. The highest BCUT2D eigenvalue weighted by molar-refractivity contribution is 8.67. The highest BCUT2D eigenvalue weighted by Gasteiger charge is 2.17. The Morgan fingerprint density at radius 3 is 2.33 bits per heavy atom. The Bertz CT molecular complexity index is 178. The van der Waals surface area contributed by atoms with Crippen molar-refractivity contribution in [1.29, 1.82) is 0 Å². The summed E-state index contributed by atoms with van der Waals surface area (Å²) in [6.45, 7) is 7.67. The molecule has 0 N–H and O–H groups in total. The van der Waals surface area contributed by atoms with Crippen molar-refractivity contribution in [2.45, 2.75) is 46.5 Å². The predicted octanol–water partition coefficient (Wildman–Crippen LogP) is 4.60. The molecule has 15 heavy (non-hydrogen) atoms. The molecule has 1 atom stereocenters. The maximum Gasteiger partial charge on any atom is 0.247 e. The van der Waals surface area contributed by atoms with Crippen molar-refractivity contribution in [3.8, 4) is 0 Å². The quantitative estimate of drug-likeness (QED) is 0.426. The van der Waals surface area contributed by atoms with E-state index in [-0.39, 0.29) is 0 Å². The third-order valence-electron chi connectivity index (χ3n) is 1.82. The van der Waals surface area contributed by atoms with Crippen LogP contribution in [0.4, 0.5) is 0 Å². The smallest absolute Gasteiger partial charge is 0.247 e. The van der Waals surface area contributed by atoms with Gasteiger partial charge in [0.15, 0.2) is 0 Å². The number of hydrogen-bond donors (Lipinski definition) is 0. The maximum absolute atomic E-state index is 5.72. The number of rotatable bonds is 10. The van der Waals surface area contributed by atoms with E-state index in [4.69, 9.17) is 20.9 Å². The van der Waals surface area contributed by atoms with Gasteiger partial charge in [0, 0.05) is 0 Å². The largest absolute Gasteiger partial charge is 0.322 e. The van der Waals surface area contributed by atoms with Crippen LogP contribution in [0.15, 0.2) is 0 Å². The first-order valence-corrected chi connectivity index (χ1v) is 9.95. The van der Waals surface area contributed by atoms with Crippen molar-refractivity contribution in [3.63, 3.8) is 0 Å². The first-order valence-electron chi connectivity index (χ1n) is 5.72. The molecule has 0 aromatic heterocycles. The van der Waals surface area contributed by atoms with Gasteiger partial charge in [-0.15, -0.1) is 0 Å². The molecule has 0 aliphatic rings. The van der Waals surface area contributed by atoms with E-state index in [1.54, 1.807) is 11.4 Å². The lowest BCUT2D eigenvalue weighted by Crippen LogP contribution is -1.95. The van der Waals surface area contributed by atoms with E-state index in [9.17, 15) is 0 Å². The van der Waals surface area contributed by atoms with Crippen LogP contribution in [0.1, 0.15) is 46.5 Å². The lowest BCUT2D eigenvalue weighted by molar-refractivity contribution is 0.263. The van der Waals surface area contributed by atoms with Gasteiger partial charge in [-0.2, -0.15) is 0 Å². The molecule has 0 radical (unpaired) electrons. The van der Waals surface area contributed by atoms with Crippen LogP contribution in [-0.2, 0) is 20.9 Å². The highest BCUT2D eigenvalue weighted by atomic mass is 32.9. The zero-order valence-electron chi connectivity index (χ0n) is 10.0. The minimum atomic E-state index is -2.02. The average Bonchev–Trinajstić information content (AvgIpc) is 2.18. The lowest BCUT2D eigenvalue weighted by atomic mass is 10.2. The molecule has 0 fully saturated rings. The van der Waals surface area contributed by atoms with Gasteiger partial charge < -0.3 is 9.05 Å². The summed E-state index contributed by atoms with van der Waals surface area (Å²) >= 11 is 7.06. The van der Waals surface area contributed by atoms with Gasteiger partial charge in [0.05, 0.1) is 13.2 Å². The Balaban J connectivity index is 3.71. The van der Waals surface area contributed by atoms with Crippen molar-refractivity contribution in [3.05, 3.63) is 0 Å². The van der Waals surface area contributed by atoms with E-state index in [1.165, 1.54) is 19.3 Å². The summed E-state index contributed by atoms with van der Waals surface area (Å²) in [5.74, 6) is 0.965. The lowest BCUT2D eigenvalue weighted by Gasteiger charge is -2.19. The molecular weight excluding hydrogens is 247 g/mol. The number of unbranched alkanes of at least 4 members (excludes halogenated alkanes) is 3. The van der Waals surface area contributed by atoms with Crippen LogP contribution in [0.2, 0.25) is 0 Å². The van der Waals surface area contributed by atoms with Crippen LogP contribution < -0.4 is 0 Å². The minimum Gasteiger partial charge on any atom is -0.322 e. The Hall–Kier alpha value is 0.920. The van der Waals surface area contributed by atoms with E-state index in [2.05, 4.69) is 13.8 Å². The van der Waals surface area contributed by atoms with Crippen LogP contribution in [0, 0.1) is 0 Å². The first kappa shape index (κ1) is 15.9. The van der Waals surface area contributed by atoms with Gasteiger partial charge in [-0.3, -0.25) is 0 Å². The van der Waals surface area contributed by atoms with Crippen molar-refractivity contribution in [1.82, 2.24) is 0 Å². The number of hydrogen-bond acceptors (Lipinski definition) is 4. The van der Waals surface area contributed by atoms with Crippen molar-refractivity contribution in [2.24, 2.45) is 0 Å². The van der Waals surface area contributed by atoms with E-state index in [0.717, 1.165) is 18.8 Å². The van der Waals surface area contributed by atoms with Gasteiger partial charge in [-0.1, -0.05) is 44.5 Å². The van der Waals surface area contributed by atoms with Crippen molar-refractivity contribution >= 4 is 28.9 Å². The second-order valence-electron chi connectivity index (χ2n) is 3.18. The van der Waals surface area contributed by atoms with E-state index in [0.29, 0.717) is 6.61 Å². The average molecular weight is 270 g/mol. The van der Waals surface area contributed by atoms with E-state index in [1.807, 2.05) is 6.92 Å². The fourth-order valence-electron chi connectivity index (χ4n) is 1.13. The topological polar surface area (TPSA) is 18.5 Å². The fourth-order valence-corrected chi connectivity index (χ4v) is 5.77. The molecule has 2 nitrogen and oxygen atoms in total. The Morgan fingerprint density at radius 2 is 1.80 bits per heavy atom. The third kappa shape index (κ3) is 8.70. The molecule has 92 valence electrons. The molecule has 1 unspecified atom stereocenters. The van der Waals surface area contributed by atoms with Gasteiger partial charge in [-0.25, -0.2) is 0 Å². The molecule has 0 saturated heterocycles. The molecule has 0 aliphatic carbocycles. The summed E-state index contributed by atoms with van der Waals surface area (Å²) in [5, 5.41) is 0. The zero-order valence-corrected chi connectivity index (χ0v) is 12.6. The SMILES string of the molecule is CCCCCCOP(=S)(OCC)SCC. The molecule has 0 bridgehead atoms. The summed E-state index contributed by atoms with van der Waals surface area (Å²) in [7, 11) is 0. The predicted molar refractivity (Wildman–Crippen MR) is 74.1 cm³/mol. The van der Waals surface area contributed by atoms with Crippen molar-refractivity contribution < 1.29 is 9.05 Å². The normalized spacial score (nSPS) is 15.1. The molecular formula is C10H23O2PS2. The Labute approximate surface area is 103 Å².